The van der Waals surface area contributed by atoms with Crippen LogP contribution in [0.4, 0.5) is 4.39 Å². The minimum Gasteiger partial charge on any atom is -0.494 e. The predicted molar refractivity (Wildman–Crippen MR) is 144 cm³/mol. The van der Waals surface area contributed by atoms with Crippen LogP contribution in [0, 0.1) is 24.1 Å². The first-order valence-electron chi connectivity index (χ1n) is 12.2. The van der Waals surface area contributed by atoms with E-state index >= 15 is 4.39 Å². The smallest absolute Gasteiger partial charge is 0.217 e. The van der Waals surface area contributed by atoms with Crippen molar-refractivity contribution < 1.29 is 19.0 Å². The van der Waals surface area contributed by atoms with E-state index in [0.29, 0.717) is 34.1 Å². The van der Waals surface area contributed by atoms with Crippen molar-refractivity contribution >= 4 is 10.9 Å². The van der Waals surface area contributed by atoms with Gasteiger partial charge in [-0.2, -0.15) is 5.26 Å². The summed E-state index contributed by atoms with van der Waals surface area (Å²) in [6.07, 6.45) is 3.58. The van der Waals surface area contributed by atoms with Crippen LogP contribution in [0.25, 0.3) is 10.9 Å². The van der Waals surface area contributed by atoms with E-state index < -0.39 is 17.3 Å². The second-order valence-electron chi connectivity index (χ2n) is 9.63. The molecule has 2 heterocycles. The lowest BCUT2D eigenvalue weighted by atomic mass is 9.71. The van der Waals surface area contributed by atoms with Crippen LogP contribution in [0.2, 0.25) is 0 Å². The summed E-state index contributed by atoms with van der Waals surface area (Å²) in [6, 6.07) is 15.8. The Balaban J connectivity index is 2.10. The van der Waals surface area contributed by atoms with Crippen molar-refractivity contribution in [2.75, 3.05) is 34.9 Å². The molecule has 4 rings (SSSR count). The van der Waals surface area contributed by atoms with E-state index in [2.05, 4.69) is 16.0 Å². The average molecular weight is 515 g/mol. The molecule has 0 aliphatic carbocycles. The summed E-state index contributed by atoms with van der Waals surface area (Å²) in [5.74, 6) is -1.24. The zero-order chi connectivity index (χ0) is 27.4. The van der Waals surface area contributed by atoms with Crippen molar-refractivity contribution in [3.05, 3.63) is 94.6 Å². The third-order valence-corrected chi connectivity index (χ3v) is 6.76. The third kappa shape index (κ3) is 5.17. The van der Waals surface area contributed by atoms with E-state index in [0.717, 1.165) is 5.56 Å². The van der Waals surface area contributed by atoms with Crippen LogP contribution >= 0.6 is 0 Å². The van der Waals surface area contributed by atoms with Gasteiger partial charge in [0.1, 0.15) is 5.60 Å². The summed E-state index contributed by atoms with van der Waals surface area (Å²) in [5, 5.41) is 22.8. The van der Waals surface area contributed by atoms with Crippen LogP contribution in [-0.2, 0) is 5.60 Å². The Morgan fingerprint density at radius 2 is 1.87 bits per heavy atom. The highest BCUT2D eigenvalue weighted by molar-refractivity contribution is 5.82. The quantitative estimate of drug-likeness (QED) is 0.338. The third-order valence-electron chi connectivity index (χ3n) is 6.76. The normalized spacial score (nSPS) is 13.7. The van der Waals surface area contributed by atoms with Gasteiger partial charge in [0.05, 0.1) is 37.3 Å². The predicted octanol–water partition coefficient (Wildman–Crippen LogP) is 4.94. The number of hydrogen-bond donors (Lipinski definition) is 1. The number of benzene rings is 2. The zero-order valence-corrected chi connectivity index (χ0v) is 22.2. The molecule has 0 amide bonds. The number of ether oxygens (including phenoxy) is 2. The maximum Gasteiger partial charge on any atom is 0.217 e. The van der Waals surface area contributed by atoms with Crippen LogP contribution in [0.5, 0.6) is 11.6 Å². The highest BCUT2D eigenvalue weighted by atomic mass is 19.1. The van der Waals surface area contributed by atoms with Crippen molar-refractivity contribution in [1.29, 1.82) is 5.26 Å². The van der Waals surface area contributed by atoms with Gasteiger partial charge >= 0.3 is 0 Å². The number of halogens is 1. The second-order valence-corrected chi connectivity index (χ2v) is 9.63. The Hall–Kier alpha value is -4.06. The lowest BCUT2D eigenvalue weighted by molar-refractivity contribution is 0.00246. The fourth-order valence-corrected chi connectivity index (χ4v) is 4.85. The maximum absolute atomic E-state index is 16.0. The Labute approximate surface area is 222 Å². The lowest BCUT2D eigenvalue weighted by Gasteiger charge is -2.39. The minimum atomic E-state index is -1.62. The Kier molecular flexibility index (Phi) is 7.91. The van der Waals surface area contributed by atoms with Crippen molar-refractivity contribution in [3.8, 4) is 17.7 Å². The number of aryl methyl sites for hydroxylation is 1. The first kappa shape index (κ1) is 27.0. The number of nitriles is 1. The minimum absolute atomic E-state index is 0.0595. The molecule has 0 radical (unpaired) electrons. The fourth-order valence-electron chi connectivity index (χ4n) is 4.85. The van der Waals surface area contributed by atoms with E-state index in [-0.39, 0.29) is 23.6 Å². The van der Waals surface area contributed by atoms with E-state index in [9.17, 15) is 10.4 Å². The molecule has 0 saturated carbocycles. The van der Waals surface area contributed by atoms with E-state index in [1.165, 1.54) is 20.3 Å². The van der Waals surface area contributed by atoms with Gasteiger partial charge in [-0.3, -0.25) is 4.98 Å². The summed E-state index contributed by atoms with van der Waals surface area (Å²) < 4.78 is 27.1. The highest BCUT2D eigenvalue weighted by Gasteiger charge is 2.44. The second kappa shape index (κ2) is 11.1. The van der Waals surface area contributed by atoms with Gasteiger partial charge in [-0.15, -0.1) is 0 Å². The summed E-state index contributed by atoms with van der Waals surface area (Å²) in [4.78, 5) is 11.0. The van der Waals surface area contributed by atoms with Crippen molar-refractivity contribution in [1.82, 2.24) is 14.9 Å². The first-order chi connectivity index (χ1) is 18.2. The molecule has 8 heteroatoms. The molecular formula is C30H31FN4O3. The van der Waals surface area contributed by atoms with Gasteiger partial charge < -0.3 is 19.5 Å². The molecule has 0 unspecified atom stereocenters. The van der Waals surface area contributed by atoms with Gasteiger partial charge in [-0.25, -0.2) is 9.37 Å². The van der Waals surface area contributed by atoms with Gasteiger partial charge in [0.2, 0.25) is 5.88 Å². The SMILES string of the molecule is COc1cccc([C@H](c2cc3cc(C#N)ccc3nc2OC)[C@@](O)(CCN(C)C)c2cncc(C)c2)c1F. The Morgan fingerprint density at radius 1 is 1.08 bits per heavy atom. The monoisotopic (exact) mass is 514 g/mol. The molecular weight excluding hydrogens is 483 g/mol. The van der Waals surface area contributed by atoms with Crippen molar-refractivity contribution in [3.63, 3.8) is 0 Å². The number of pyridine rings is 2. The maximum atomic E-state index is 16.0. The summed E-state index contributed by atoms with van der Waals surface area (Å²) in [6.45, 7) is 2.40. The molecule has 0 bridgehead atoms. The fraction of sp³-hybridized carbons (Fsp3) is 0.300. The van der Waals surface area contributed by atoms with E-state index in [4.69, 9.17) is 9.47 Å². The molecule has 196 valence electrons. The largest absolute Gasteiger partial charge is 0.494 e. The molecule has 0 saturated heterocycles. The van der Waals surface area contributed by atoms with Crippen LogP contribution in [0.15, 0.2) is 60.9 Å². The number of aliphatic hydroxyl groups is 1. The molecule has 0 fully saturated rings. The van der Waals surface area contributed by atoms with Gasteiger partial charge in [-0.1, -0.05) is 18.2 Å². The number of methoxy groups -OCH3 is 2. The van der Waals surface area contributed by atoms with E-state index in [1.807, 2.05) is 38.1 Å². The molecule has 0 spiro atoms. The van der Waals surface area contributed by atoms with Crippen LogP contribution in [-0.4, -0.2) is 54.8 Å². The average Bonchev–Trinajstić information content (AvgIpc) is 2.92. The van der Waals surface area contributed by atoms with Gasteiger partial charge in [0.25, 0.3) is 0 Å². The number of rotatable bonds is 9. The van der Waals surface area contributed by atoms with Gasteiger partial charge in [-0.05, 0) is 63.3 Å². The zero-order valence-electron chi connectivity index (χ0n) is 22.2. The van der Waals surface area contributed by atoms with E-state index in [1.54, 1.807) is 42.7 Å². The van der Waals surface area contributed by atoms with Crippen LogP contribution < -0.4 is 9.47 Å². The molecule has 38 heavy (non-hydrogen) atoms. The number of hydrogen-bond acceptors (Lipinski definition) is 7. The first-order valence-corrected chi connectivity index (χ1v) is 12.2. The Bertz CT molecular complexity index is 1500. The standard InChI is InChI=1S/C30H31FN4O3/c1-19-13-22(18-33-17-19)30(36,11-12-35(2)3)27(23-7-6-8-26(37-4)28(23)31)24-15-21-14-20(16-32)9-10-25(21)34-29(24)38-5/h6-10,13-15,17-18,27,36H,11-12H2,1-5H3/t27-,30-/m1/s1. The van der Waals surface area contributed by atoms with Gasteiger partial charge in [0, 0.05) is 41.0 Å². The molecule has 4 aromatic rings. The highest BCUT2D eigenvalue weighted by Crippen LogP contribution is 2.48. The number of fused-ring (bicyclic) bond motifs is 1. The van der Waals surface area contributed by atoms with Crippen molar-refractivity contribution in [2.45, 2.75) is 24.9 Å². The molecule has 0 aliphatic heterocycles. The number of aromatic nitrogens is 2. The topological polar surface area (TPSA) is 91.5 Å². The number of nitrogens with zero attached hydrogens (tertiary/aromatic N) is 4. The van der Waals surface area contributed by atoms with Crippen LogP contribution in [0.1, 0.15) is 40.2 Å². The van der Waals surface area contributed by atoms with Crippen LogP contribution in [0.3, 0.4) is 0 Å². The summed E-state index contributed by atoms with van der Waals surface area (Å²) >= 11 is 0. The van der Waals surface area contributed by atoms with Crippen molar-refractivity contribution in [2.24, 2.45) is 0 Å². The van der Waals surface area contributed by atoms with Gasteiger partial charge in [0.15, 0.2) is 11.6 Å². The molecule has 0 aliphatic rings. The molecule has 2 aromatic carbocycles. The molecule has 2 atom stereocenters. The summed E-state index contributed by atoms with van der Waals surface area (Å²) in [5.41, 5.74) is 1.56. The molecule has 2 aromatic heterocycles. The Morgan fingerprint density at radius 3 is 2.53 bits per heavy atom. The lowest BCUT2D eigenvalue weighted by Crippen LogP contribution is -2.38. The molecule has 1 N–H and O–H groups in total. The molecule has 7 nitrogen and oxygen atoms in total. The summed E-state index contributed by atoms with van der Waals surface area (Å²) in [7, 11) is 6.73.